The van der Waals surface area contributed by atoms with Gasteiger partial charge in [0.1, 0.15) is 5.52 Å². The van der Waals surface area contributed by atoms with Crippen LogP contribution in [0.1, 0.15) is 37.2 Å². The number of hydrogen-bond acceptors (Lipinski definition) is 3. The highest BCUT2D eigenvalue weighted by Gasteiger charge is 2.13. The first-order chi connectivity index (χ1) is 9.21. The number of aliphatic hydroxyl groups excluding tert-OH is 1. The molecule has 2 aromatic heterocycles. The smallest absolute Gasteiger partial charge is 0.238 e. The number of fused-ring (bicyclic) bond motifs is 1. The van der Waals surface area contributed by atoms with E-state index in [1.807, 2.05) is 13.8 Å². The van der Waals surface area contributed by atoms with Crippen molar-refractivity contribution in [2.75, 3.05) is 13.2 Å². The second-order valence-corrected chi connectivity index (χ2v) is 4.67. The van der Waals surface area contributed by atoms with Crippen LogP contribution in [-0.4, -0.2) is 27.7 Å². The zero-order valence-electron chi connectivity index (χ0n) is 11.9. The molecule has 0 atom stereocenters. The van der Waals surface area contributed by atoms with Gasteiger partial charge in [0.15, 0.2) is 0 Å². The highest BCUT2D eigenvalue weighted by molar-refractivity contribution is 5.61. The third-order valence-electron chi connectivity index (χ3n) is 3.27. The lowest BCUT2D eigenvalue weighted by Gasteiger charge is -2.08. The fraction of sp³-hybridized carbons (Fsp3) is 0.533. The van der Waals surface area contributed by atoms with Gasteiger partial charge in [0.2, 0.25) is 5.88 Å². The minimum absolute atomic E-state index is 0.227. The summed E-state index contributed by atoms with van der Waals surface area (Å²) >= 11 is 0. The third kappa shape index (κ3) is 2.73. The number of aliphatic hydroxyl groups is 1. The normalized spacial score (nSPS) is 11.2. The van der Waals surface area contributed by atoms with Gasteiger partial charge in [0.25, 0.3) is 0 Å². The van der Waals surface area contributed by atoms with Crippen molar-refractivity contribution in [1.29, 1.82) is 0 Å². The largest absolute Gasteiger partial charge is 0.476 e. The van der Waals surface area contributed by atoms with Crippen molar-refractivity contribution in [3.63, 3.8) is 0 Å². The molecule has 0 radical (unpaired) electrons. The standard InChI is InChI=1S/C15H22N2O2/c1-4-13-12(7-6-8-18)9-14-15(19-5-2)16-11(3)10-17(13)14/h9-10,18H,4-8H2,1-3H3. The third-order valence-corrected chi connectivity index (χ3v) is 3.27. The summed E-state index contributed by atoms with van der Waals surface area (Å²) in [5.41, 5.74) is 4.55. The zero-order chi connectivity index (χ0) is 13.8. The molecular formula is C15H22N2O2. The van der Waals surface area contributed by atoms with E-state index in [0.717, 1.165) is 30.5 Å². The topological polar surface area (TPSA) is 46.8 Å². The van der Waals surface area contributed by atoms with Crippen LogP contribution < -0.4 is 4.74 Å². The molecule has 2 rings (SSSR count). The predicted octanol–water partition coefficient (Wildman–Crippen LogP) is 2.53. The molecular weight excluding hydrogens is 240 g/mol. The minimum atomic E-state index is 0.227. The minimum Gasteiger partial charge on any atom is -0.476 e. The Morgan fingerprint density at radius 3 is 2.79 bits per heavy atom. The van der Waals surface area contributed by atoms with Crippen LogP contribution in [0.4, 0.5) is 0 Å². The maximum atomic E-state index is 9.01. The van der Waals surface area contributed by atoms with Crippen LogP contribution in [-0.2, 0) is 12.8 Å². The molecule has 0 bridgehead atoms. The molecule has 0 saturated carbocycles. The van der Waals surface area contributed by atoms with Crippen molar-refractivity contribution in [2.24, 2.45) is 0 Å². The van der Waals surface area contributed by atoms with E-state index in [0.29, 0.717) is 12.5 Å². The van der Waals surface area contributed by atoms with Crippen molar-refractivity contribution in [3.05, 3.63) is 29.2 Å². The molecule has 0 amide bonds. The Labute approximate surface area is 114 Å². The number of hydrogen-bond donors (Lipinski definition) is 1. The first-order valence-corrected chi connectivity index (χ1v) is 6.95. The second-order valence-electron chi connectivity index (χ2n) is 4.67. The van der Waals surface area contributed by atoms with Crippen LogP contribution in [0.25, 0.3) is 5.52 Å². The summed E-state index contributed by atoms with van der Waals surface area (Å²) in [5.74, 6) is 0.701. The molecule has 2 heterocycles. The molecule has 0 saturated heterocycles. The lowest BCUT2D eigenvalue weighted by Crippen LogP contribution is -2.01. The molecule has 2 aromatic rings. The molecule has 0 aliphatic rings. The Balaban J connectivity index is 2.56. The van der Waals surface area contributed by atoms with E-state index in [1.54, 1.807) is 0 Å². The van der Waals surface area contributed by atoms with Crippen molar-refractivity contribution in [1.82, 2.24) is 9.38 Å². The predicted molar refractivity (Wildman–Crippen MR) is 75.9 cm³/mol. The van der Waals surface area contributed by atoms with E-state index < -0.39 is 0 Å². The van der Waals surface area contributed by atoms with Gasteiger partial charge >= 0.3 is 0 Å². The van der Waals surface area contributed by atoms with E-state index in [9.17, 15) is 0 Å². The lowest BCUT2D eigenvalue weighted by atomic mass is 10.1. The maximum Gasteiger partial charge on any atom is 0.238 e. The Bertz CT molecular complexity index is 561. The molecule has 0 aromatic carbocycles. The summed E-state index contributed by atoms with van der Waals surface area (Å²) in [4.78, 5) is 4.47. The monoisotopic (exact) mass is 262 g/mol. The molecule has 19 heavy (non-hydrogen) atoms. The summed E-state index contributed by atoms with van der Waals surface area (Å²) in [6, 6.07) is 2.14. The van der Waals surface area contributed by atoms with E-state index >= 15 is 0 Å². The van der Waals surface area contributed by atoms with Gasteiger partial charge < -0.3 is 14.2 Å². The molecule has 1 N–H and O–H groups in total. The summed E-state index contributed by atoms with van der Waals surface area (Å²) in [5, 5.41) is 9.01. The van der Waals surface area contributed by atoms with Gasteiger partial charge in [-0.3, -0.25) is 0 Å². The van der Waals surface area contributed by atoms with Crippen LogP contribution in [0.3, 0.4) is 0 Å². The first-order valence-electron chi connectivity index (χ1n) is 6.95. The van der Waals surface area contributed by atoms with Crippen molar-refractivity contribution in [2.45, 2.75) is 40.0 Å². The number of rotatable bonds is 6. The van der Waals surface area contributed by atoms with E-state index in [2.05, 4.69) is 28.6 Å². The lowest BCUT2D eigenvalue weighted by molar-refractivity contribution is 0.288. The highest BCUT2D eigenvalue weighted by Crippen LogP contribution is 2.25. The van der Waals surface area contributed by atoms with Crippen LogP contribution in [0.5, 0.6) is 5.88 Å². The molecule has 0 aliphatic heterocycles. The van der Waals surface area contributed by atoms with Gasteiger partial charge in [0.05, 0.1) is 12.3 Å². The SMILES string of the molecule is CCOc1nc(C)cn2c(CC)c(CCCO)cc12. The van der Waals surface area contributed by atoms with Gasteiger partial charge in [-0.05, 0) is 44.7 Å². The summed E-state index contributed by atoms with van der Waals surface area (Å²) in [6.07, 6.45) is 4.70. The summed E-state index contributed by atoms with van der Waals surface area (Å²) in [6.45, 7) is 6.95. The van der Waals surface area contributed by atoms with Crippen LogP contribution in [0, 0.1) is 6.92 Å². The highest BCUT2D eigenvalue weighted by atomic mass is 16.5. The molecule has 0 unspecified atom stereocenters. The van der Waals surface area contributed by atoms with Gasteiger partial charge in [-0.25, -0.2) is 4.98 Å². The maximum absolute atomic E-state index is 9.01. The molecule has 104 valence electrons. The molecule has 0 aliphatic carbocycles. The number of aromatic nitrogens is 2. The Kier molecular flexibility index (Phi) is 4.43. The Hall–Kier alpha value is -1.55. The molecule has 4 nitrogen and oxygen atoms in total. The average molecular weight is 262 g/mol. The average Bonchev–Trinajstić information content (AvgIpc) is 2.74. The van der Waals surface area contributed by atoms with Gasteiger partial charge in [-0.2, -0.15) is 0 Å². The number of aryl methyl sites for hydroxylation is 3. The quantitative estimate of drug-likeness (QED) is 0.870. The van der Waals surface area contributed by atoms with Gasteiger partial charge in [-0.15, -0.1) is 0 Å². The van der Waals surface area contributed by atoms with Crippen LogP contribution in [0.15, 0.2) is 12.3 Å². The van der Waals surface area contributed by atoms with Crippen LogP contribution >= 0.6 is 0 Å². The zero-order valence-corrected chi connectivity index (χ0v) is 11.9. The van der Waals surface area contributed by atoms with Crippen molar-refractivity contribution < 1.29 is 9.84 Å². The van der Waals surface area contributed by atoms with Crippen molar-refractivity contribution >= 4 is 5.52 Å². The van der Waals surface area contributed by atoms with E-state index in [4.69, 9.17) is 9.84 Å². The van der Waals surface area contributed by atoms with Gasteiger partial charge in [0, 0.05) is 18.5 Å². The molecule has 0 spiro atoms. The number of nitrogens with zero attached hydrogens (tertiary/aromatic N) is 2. The second kappa shape index (κ2) is 6.06. The van der Waals surface area contributed by atoms with Crippen molar-refractivity contribution in [3.8, 4) is 5.88 Å². The fourth-order valence-corrected chi connectivity index (χ4v) is 2.49. The molecule has 0 fully saturated rings. The Morgan fingerprint density at radius 2 is 2.16 bits per heavy atom. The molecule has 4 heteroatoms. The Morgan fingerprint density at radius 1 is 1.37 bits per heavy atom. The summed E-state index contributed by atoms with van der Waals surface area (Å²) in [7, 11) is 0. The fourth-order valence-electron chi connectivity index (χ4n) is 2.49. The van der Waals surface area contributed by atoms with E-state index in [1.165, 1.54) is 11.3 Å². The van der Waals surface area contributed by atoms with Crippen LogP contribution in [0.2, 0.25) is 0 Å². The van der Waals surface area contributed by atoms with E-state index in [-0.39, 0.29) is 6.61 Å². The summed E-state index contributed by atoms with van der Waals surface area (Å²) < 4.78 is 7.82. The number of ether oxygens (including phenoxy) is 1. The first kappa shape index (κ1) is 13.9. The van der Waals surface area contributed by atoms with Gasteiger partial charge in [-0.1, -0.05) is 6.92 Å².